The van der Waals surface area contributed by atoms with Crippen LogP contribution >= 0.6 is 0 Å². The Kier molecular flexibility index (Phi) is 3.73. The van der Waals surface area contributed by atoms with Crippen LogP contribution in [0.5, 0.6) is 0 Å². The van der Waals surface area contributed by atoms with Gasteiger partial charge in [-0.2, -0.15) is 5.26 Å². The number of hydrogen-bond donors (Lipinski definition) is 1. The van der Waals surface area contributed by atoms with E-state index in [-0.39, 0.29) is 0 Å². The Morgan fingerprint density at radius 2 is 2.04 bits per heavy atom. The van der Waals surface area contributed by atoms with Gasteiger partial charge >= 0.3 is 0 Å². The second kappa shape index (κ2) is 6.06. The Morgan fingerprint density at radius 3 is 2.68 bits per heavy atom. The lowest BCUT2D eigenvalue weighted by molar-refractivity contribution is 0.615. The molecule has 7 heteroatoms. The number of benzene rings is 1. The first-order valence-electron chi connectivity index (χ1n) is 8.35. The Labute approximate surface area is 145 Å². The summed E-state index contributed by atoms with van der Waals surface area (Å²) in [5, 5.41) is 24.6. The summed E-state index contributed by atoms with van der Waals surface area (Å²) in [5.41, 5.74) is 4.95. The molecule has 2 aromatic heterocycles. The van der Waals surface area contributed by atoms with Crippen LogP contribution in [0.25, 0.3) is 11.4 Å². The summed E-state index contributed by atoms with van der Waals surface area (Å²) >= 11 is 0. The van der Waals surface area contributed by atoms with E-state index >= 15 is 0 Å². The standard InChI is InChI=1S/C18H19N7/c1-12-14(9-17(10-19)24(12)2)11-20-15-5-3-13(4-6-15)18-21-22-23-25(18)16-7-8-16/h3-6,9,16,20H,7-8,11H2,1-2H3. The van der Waals surface area contributed by atoms with Crippen molar-refractivity contribution >= 4 is 5.69 Å². The van der Waals surface area contributed by atoms with Crippen LogP contribution in [-0.2, 0) is 13.6 Å². The lowest BCUT2D eigenvalue weighted by atomic mass is 10.2. The molecular formula is C18H19N7. The summed E-state index contributed by atoms with van der Waals surface area (Å²) in [4.78, 5) is 0. The molecule has 1 aliphatic rings. The molecule has 0 atom stereocenters. The molecule has 0 unspecified atom stereocenters. The second-order valence-electron chi connectivity index (χ2n) is 6.42. The number of hydrogen-bond acceptors (Lipinski definition) is 5. The van der Waals surface area contributed by atoms with Crippen molar-refractivity contribution in [2.45, 2.75) is 32.4 Å². The molecule has 1 aliphatic carbocycles. The summed E-state index contributed by atoms with van der Waals surface area (Å²) in [6, 6.07) is 12.7. The fourth-order valence-corrected chi connectivity index (χ4v) is 2.93. The van der Waals surface area contributed by atoms with Gasteiger partial charge in [0.1, 0.15) is 11.8 Å². The fourth-order valence-electron chi connectivity index (χ4n) is 2.93. The van der Waals surface area contributed by atoms with Gasteiger partial charge in [0.2, 0.25) is 0 Å². The molecule has 0 aliphatic heterocycles. The van der Waals surface area contributed by atoms with Crippen molar-refractivity contribution < 1.29 is 0 Å². The van der Waals surface area contributed by atoms with E-state index in [4.69, 9.17) is 5.26 Å². The van der Waals surface area contributed by atoms with Crippen molar-refractivity contribution in [2.24, 2.45) is 7.05 Å². The average Bonchev–Trinajstić information content (AvgIpc) is 3.30. The maximum Gasteiger partial charge on any atom is 0.182 e. The number of aromatic nitrogens is 5. The number of nitrogens with one attached hydrogen (secondary N) is 1. The van der Waals surface area contributed by atoms with Crippen molar-refractivity contribution in [3.63, 3.8) is 0 Å². The van der Waals surface area contributed by atoms with E-state index in [1.807, 2.05) is 53.6 Å². The molecule has 3 aromatic rings. The highest BCUT2D eigenvalue weighted by atomic mass is 15.6. The van der Waals surface area contributed by atoms with Crippen LogP contribution in [0.1, 0.15) is 35.8 Å². The molecule has 0 bridgehead atoms. The van der Waals surface area contributed by atoms with Gasteiger partial charge in [0.25, 0.3) is 0 Å². The Balaban J connectivity index is 1.48. The van der Waals surface area contributed by atoms with Gasteiger partial charge in [-0.3, -0.25) is 0 Å². The normalized spacial score (nSPS) is 13.6. The zero-order valence-corrected chi connectivity index (χ0v) is 14.3. The second-order valence-corrected chi connectivity index (χ2v) is 6.42. The Morgan fingerprint density at radius 1 is 1.28 bits per heavy atom. The molecule has 2 heterocycles. The van der Waals surface area contributed by atoms with E-state index in [0.717, 1.165) is 41.2 Å². The van der Waals surface area contributed by atoms with Gasteiger partial charge in [-0.15, -0.1) is 5.10 Å². The largest absolute Gasteiger partial charge is 0.381 e. The Bertz CT molecular complexity index is 939. The van der Waals surface area contributed by atoms with Gasteiger partial charge in [-0.05, 0) is 66.1 Å². The average molecular weight is 333 g/mol. The molecule has 126 valence electrons. The molecule has 25 heavy (non-hydrogen) atoms. The minimum Gasteiger partial charge on any atom is -0.381 e. The minimum atomic E-state index is 0.457. The summed E-state index contributed by atoms with van der Waals surface area (Å²) < 4.78 is 3.83. The smallest absolute Gasteiger partial charge is 0.182 e. The van der Waals surface area contributed by atoms with Crippen LogP contribution in [-0.4, -0.2) is 24.8 Å². The number of nitrogens with zero attached hydrogens (tertiary/aromatic N) is 6. The third-order valence-corrected chi connectivity index (χ3v) is 4.77. The fraction of sp³-hybridized carbons (Fsp3) is 0.333. The highest BCUT2D eigenvalue weighted by Crippen LogP contribution is 2.36. The van der Waals surface area contributed by atoms with E-state index in [1.54, 1.807) is 0 Å². The first-order chi connectivity index (χ1) is 12.2. The van der Waals surface area contributed by atoms with E-state index in [2.05, 4.69) is 26.9 Å². The van der Waals surface area contributed by atoms with Crippen LogP contribution in [0.15, 0.2) is 30.3 Å². The summed E-state index contributed by atoms with van der Waals surface area (Å²) in [5.74, 6) is 0.826. The van der Waals surface area contributed by atoms with E-state index in [1.165, 1.54) is 0 Å². The van der Waals surface area contributed by atoms with Gasteiger partial charge < -0.3 is 9.88 Å². The molecule has 0 spiro atoms. The van der Waals surface area contributed by atoms with E-state index in [9.17, 15) is 0 Å². The van der Waals surface area contributed by atoms with Crippen LogP contribution < -0.4 is 5.32 Å². The predicted molar refractivity (Wildman–Crippen MR) is 93.7 cm³/mol. The van der Waals surface area contributed by atoms with Crippen LogP contribution in [0.3, 0.4) is 0 Å². The maximum atomic E-state index is 9.12. The molecule has 1 aromatic carbocycles. The maximum absolute atomic E-state index is 9.12. The van der Waals surface area contributed by atoms with Gasteiger partial charge in [-0.1, -0.05) is 0 Å². The van der Waals surface area contributed by atoms with Gasteiger partial charge in [-0.25, -0.2) is 4.68 Å². The number of rotatable bonds is 5. The molecule has 0 amide bonds. The zero-order valence-electron chi connectivity index (χ0n) is 14.3. The molecule has 7 nitrogen and oxygen atoms in total. The van der Waals surface area contributed by atoms with Gasteiger partial charge in [0, 0.05) is 30.5 Å². The minimum absolute atomic E-state index is 0.457. The third-order valence-electron chi connectivity index (χ3n) is 4.77. The Hall–Kier alpha value is -3.14. The van der Waals surface area contributed by atoms with Gasteiger partial charge in [0.15, 0.2) is 5.82 Å². The van der Waals surface area contributed by atoms with Crippen molar-refractivity contribution in [2.75, 3.05) is 5.32 Å². The molecule has 0 radical (unpaired) electrons. The predicted octanol–water partition coefficient (Wildman–Crippen LogP) is 2.81. The summed E-state index contributed by atoms with van der Waals surface area (Å²) in [7, 11) is 1.91. The lowest BCUT2D eigenvalue weighted by Crippen LogP contribution is -2.02. The number of nitriles is 1. The van der Waals surface area contributed by atoms with Crippen molar-refractivity contribution in [1.82, 2.24) is 24.8 Å². The number of anilines is 1. The van der Waals surface area contributed by atoms with E-state index < -0.39 is 0 Å². The van der Waals surface area contributed by atoms with Crippen LogP contribution in [0.4, 0.5) is 5.69 Å². The first-order valence-corrected chi connectivity index (χ1v) is 8.35. The van der Waals surface area contributed by atoms with Crippen molar-refractivity contribution in [1.29, 1.82) is 5.26 Å². The summed E-state index contributed by atoms with van der Waals surface area (Å²) in [6.45, 7) is 2.71. The van der Waals surface area contributed by atoms with Crippen LogP contribution in [0, 0.1) is 18.3 Å². The molecule has 1 N–H and O–H groups in total. The summed E-state index contributed by atoms with van der Waals surface area (Å²) in [6.07, 6.45) is 2.30. The molecule has 1 fully saturated rings. The molecule has 4 rings (SSSR count). The van der Waals surface area contributed by atoms with Crippen LogP contribution in [0.2, 0.25) is 0 Å². The molecule has 0 saturated heterocycles. The van der Waals surface area contributed by atoms with Crippen molar-refractivity contribution in [3.8, 4) is 17.5 Å². The highest BCUT2D eigenvalue weighted by Gasteiger charge is 2.28. The lowest BCUT2D eigenvalue weighted by Gasteiger charge is -2.08. The van der Waals surface area contributed by atoms with Crippen molar-refractivity contribution in [3.05, 3.63) is 47.3 Å². The SMILES string of the molecule is Cc1c(CNc2ccc(-c3nnnn3C3CC3)cc2)cc(C#N)n1C. The third kappa shape index (κ3) is 2.87. The topological polar surface area (TPSA) is 84.3 Å². The zero-order chi connectivity index (χ0) is 17.4. The quantitative estimate of drug-likeness (QED) is 0.776. The molecule has 1 saturated carbocycles. The highest BCUT2D eigenvalue weighted by molar-refractivity contribution is 5.60. The monoisotopic (exact) mass is 333 g/mol. The number of tetrazole rings is 1. The van der Waals surface area contributed by atoms with Gasteiger partial charge in [0.05, 0.1) is 6.04 Å². The molecular weight excluding hydrogens is 314 g/mol. The van der Waals surface area contributed by atoms with E-state index in [0.29, 0.717) is 18.3 Å². The first kappa shape index (κ1) is 15.4.